The summed E-state index contributed by atoms with van der Waals surface area (Å²) in [5.41, 5.74) is 0.398. The van der Waals surface area contributed by atoms with Gasteiger partial charge in [-0.1, -0.05) is 59.6 Å². The normalized spacial score (nSPS) is 16.8. The van der Waals surface area contributed by atoms with Gasteiger partial charge in [0.2, 0.25) is 0 Å². The fraction of sp³-hybridized carbons (Fsp3) is 0.208. The number of sulfone groups is 1. The first-order chi connectivity index (χ1) is 16.7. The van der Waals surface area contributed by atoms with Crippen molar-refractivity contribution in [2.24, 2.45) is 5.10 Å². The van der Waals surface area contributed by atoms with Gasteiger partial charge in [-0.2, -0.15) is 27.1 Å². The van der Waals surface area contributed by atoms with Crippen LogP contribution in [0.15, 0.2) is 76.7 Å². The van der Waals surface area contributed by atoms with Gasteiger partial charge in [0.15, 0.2) is 9.84 Å². The minimum Gasteiger partial charge on any atom is -0.256 e. The Morgan fingerprint density at radius 2 is 1.58 bits per heavy atom. The van der Waals surface area contributed by atoms with E-state index < -0.39 is 40.1 Å². The van der Waals surface area contributed by atoms with Crippen molar-refractivity contribution in [3.8, 4) is 11.1 Å². The second kappa shape index (κ2) is 9.32. The van der Waals surface area contributed by atoms with E-state index in [-0.39, 0.29) is 20.6 Å². The molecule has 0 spiro atoms. The van der Waals surface area contributed by atoms with Gasteiger partial charge in [0.25, 0.3) is 0 Å². The Balaban J connectivity index is 1.73. The van der Waals surface area contributed by atoms with E-state index in [0.717, 1.165) is 11.3 Å². The Morgan fingerprint density at radius 3 is 2.17 bits per heavy atom. The number of halogens is 7. The van der Waals surface area contributed by atoms with Gasteiger partial charge in [-0.15, -0.1) is 0 Å². The van der Waals surface area contributed by atoms with Crippen LogP contribution in [0.25, 0.3) is 11.1 Å². The van der Waals surface area contributed by atoms with Crippen LogP contribution in [0.3, 0.4) is 0 Å². The molecule has 0 amide bonds. The van der Waals surface area contributed by atoms with Crippen LogP contribution < -0.4 is 5.01 Å². The molecule has 4 nitrogen and oxygen atoms in total. The lowest BCUT2D eigenvalue weighted by molar-refractivity contribution is -0.249. The topological polar surface area (TPSA) is 49.7 Å². The molecule has 0 radical (unpaired) electrons. The fourth-order valence-electron chi connectivity index (χ4n) is 3.82. The molecule has 1 aliphatic rings. The van der Waals surface area contributed by atoms with E-state index >= 15 is 0 Å². The fourth-order valence-corrected chi connectivity index (χ4v) is 4.98. The van der Waals surface area contributed by atoms with E-state index in [1.165, 1.54) is 30.3 Å². The number of rotatable bonds is 5. The molecule has 1 unspecified atom stereocenters. The molecule has 4 rings (SSSR count). The minimum absolute atomic E-state index is 0.0297. The molecule has 0 aromatic heterocycles. The third-order valence-electron chi connectivity index (χ3n) is 5.68. The Labute approximate surface area is 213 Å². The number of nitrogens with zero attached hydrogens (tertiary/aromatic N) is 2. The van der Waals surface area contributed by atoms with Crippen molar-refractivity contribution in [3.63, 3.8) is 0 Å². The summed E-state index contributed by atoms with van der Waals surface area (Å²) in [6, 6.07) is 15.7. The number of benzene rings is 3. The number of hydrogen-bond donors (Lipinski definition) is 0. The standard InChI is InChI=1S/C24H17Cl2F5N2O2S/c1-36(34,35)18-4-2-3-16(11-18)14-5-7-15(8-6-14)21-13-22(23(27,28)24(29,30)31)32-33(21)20-10-9-17(25)12-19(20)26/h2-12,21H,13H2,1H3. The van der Waals surface area contributed by atoms with Gasteiger partial charge in [0.1, 0.15) is 5.71 Å². The molecule has 1 atom stereocenters. The highest BCUT2D eigenvalue weighted by atomic mass is 35.5. The number of hydrogen-bond acceptors (Lipinski definition) is 4. The molecule has 0 saturated carbocycles. The largest absolute Gasteiger partial charge is 0.459 e. The molecule has 0 bridgehead atoms. The summed E-state index contributed by atoms with van der Waals surface area (Å²) in [4.78, 5) is 0.121. The maximum absolute atomic E-state index is 14.2. The molecule has 0 saturated heterocycles. The molecular formula is C24H17Cl2F5N2O2S. The lowest BCUT2D eigenvalue weighted by Gasteiger charge is -2.25. The van der Waals surface area contributed by atoms with Crippen molar-refractivity contribution < 1.29 is 30.4 Å². The molecular weight excluding hydrogens is 546 g/mol. The molecule has 12 heteroatoms. The maximum atomic E-state index is 14.2. The Kier molecular flexibility index (Phi) is 6.83. The highest BCUT2D eigenvalue weighted by Gasteiger charge is 2.62. The van der Waals surface area contributed by atoms with Crippen molar-refractivity contribution in [3.05, 3.63) is 82.3 Å². The number of hydrazone groups is 1. The Morgan fingerprint density at radius 1 is 0.917 bits per heavy atom. The van der Waals surface area contributed by atoms with E-state index in [9.17, 15) is 30.4 Å². The molecule has 0 N–H and O–H groups in total. The van der Waals surface area contributed by atoms with Gasteiger partial charge < -0.3 is 0 Å². The summed E-state index contributed by atoms with van der Waals surface area (Å²) in [6.07, 6.45) is -5.43. The summed E-state index contributed by atoms with van der Waals surface area (Å²) in [5.74, 6) is -5.13. The molecule has 0 fully saturated rings. The van der Waals surface area contributed by atoms with Gasteiger partial charge in [-0.3, -0.25) is 5.01 Å². The van der Waals surface area contributed by atoms with Gasteiger partial charge >= 0.3 is 12.1 Å². The Bertz CT molecular complexity index is 1440. The third kappa shape index (κ3) is 5.07. The molecule has 3 aromatic rings. The van der Waals surface area contributed by atoms with E-state index in [0.29, 0.717) is 16.7 Å². The van der Waals surface area contributed by atoms with Crippen LogP contribution in [0.2, 0.25) is 10.0 Å². The summed E-state index contributed by atoms with van der Waals surface area (Å²) in [7, 11) is -3.44. The predicted molar refractivity (Wildman–Crippen MR) is 130 cm³/mol. The predicted octanol–water partition coefficient (Wildman–Crippen LogP) is 7.57. The van der Waals surface area contributed by atoms with Gasteiger partial charge in [-0.05, 0) is 47.0 Å². The van der Waals surface area contributed by atoms with Gasteiger partial charge in [0.05, 0.1) is 21.6 Å². The molecule has 3 aromatic carbocycles. The van der Waals surface area contributed by atoms with Crippen molar-refractivity contribution in [2.75, 3.05) is 11.3 Å². The Hall–Kier alpha value is -2.69. The van der Waals surface area contributed by atoms with Crippen LogP contribution in [0.5, 0.6) is 0 Å². The van der Waals surface area contributed by atoms with Crippen molar-refractivity contribution in [1.29, 1.82) is 0 Å². The number of alkyl halides is 5. The average Bonchev–Trinajstić information content (AvgIpc) is 3.24. The van der Waals surface area contributed by atoms with Crippen LogP contribution >= 0.6 is 23.2 Å². The van der Waals surface area contributed by atoms with Crippen LogP contribution in [0.1, 0.15) is 18.0 Å². The van der Waals surface area contributed by atoms with Crippen LogP contribution in [0.4, 0.5) is 27.6 Å². The molecule has 1 aliphatic heterocycles. The highest BCUT2D eigenvalue weighted by molar-refractivity contribution is 7.90. The second-order valence-corrected chi connectivity index (χ2v) is 11.1. The molecule has 1 heterocycles. The molecule has 0 aliphatic carbocycles. The second-order valence-electron chi connectivity index (χ2n) is 8.20. The third-order valence-corrected chi connectivity index (χ3v) is 7.32. The lowest BCUT2D eigenvalue weighted by Crippen LogP contribution is -2.43. The minimum atomic E-state index is -5.81. The highest BCUT2D eigenvalue weighted by Crippen LogP contribution is 2.46. The molecule has 36 heavy (non-hydrogen) atoms. The SMILES string of the molecule is CS(=O)(=O)c1cccc(-c2ccc(C3CC(C(F)(F)C(F)(F)F)=NN3c3ccc(Cl)cc3Cl)cc2)c1. The van der Waals surface area contributed by atoms with E-state index in [1.807, 2.05) is 0 Å². The lowest BCUT2D eigenvalue weighted by atomic mass is 9.96. The summed E-state index contributed by atoms with van der Waals surface area (Å²) in [5, 5.41) is 4.97. The zero-order chi connectivity index (χ0) is 26.5. The van der Waals surface area contributed by atoms with Crippen LogP contribution in [-0.2, 0) is 9.84 Å². The first-order valence-corrected chi connectivity index (χ1v) is 13.0. The van der Waals surface area contributed by atoms with Crippen LogP contribution in [-0.4, -0.2) is 32.5 Å². The van der Waals surface area contributed by atoms with E-state index in [4.69, 9.17) is 23.2 Å². The van der Waals surface area contributed by atoms with Crippen molar-refractivity contribution in [2.45, 2.75) is 29.5 Å². The zero-order valence-electron chi connectivity index (χ0n) is 18.4. The summed E-state index contributed by atoms with van der Waals surface area (Å²) in [6.45, 7) is 0. The quantitative estimate of drug-likeness (QED) is 0.301. The number of anilines is 1. The zero-order valence-corrected chi connectivity index (χ0v) is 20.7. The summed E-state index contributed by atoms with van der Waals surface area (Å²) < 4.78 is 91.5. The monoisotopic (exact) mass is 562 g/mol. The van der Waals surface area contributed by atoms with E-state index in [1.54, 1.807) is 36.4 Å². The van der Waals surface area contributed by atoms with Gasteiger partial charge in [0, 0.05) is 17.7 Å². The molecule has 190 valence electrons. The first kappa shape index (κ1) is 26.4. The summed E-state index contributed by atoms with van der Waals surface area (Å²) >= 11 is 12.1. The first-order valence-electron chi connectivity index (χ1n) is 10.4. The maximum Gasteiger partial charge on any atom is 0.459 e. The van der Waals surface area contributed by atoms with Crippen LogP contribution in [0, 0.1) is 0 Å². The van der Waals surface area contributed by atoms with Crippen molar-refractivity contribution >= 4 is 44.4 Å². The van der Waals surface area contributed by atoms with Crippen molar-refractivity contribution in [1.82, 2.24) is 0 Å². The smallest absolute Gasteiger partial charge is 0.256 e. The average molecular weight is 563 g/mol. The van der Waals surface area contributed by atoms with Gasteiger partial charge in [-0.25, -0.2) is 8.42 Å². The van der Waals surface area contributed by atoms with E-state index in [2.05, 4.69) is 5.10 Å².